The molecule has 13 heavy (non-hydrogen) atoms. The van der Waals surface area contributed by atoms with Crippen LogP contribution in [-0.4, -0.2) is 22.3 Å². The van der Waals surface area contributed by atoms with E-state index in [0.29, 0.717) is 16.8 Å². The highest BCUT2D eigenvalue weighted by Crippen LogP contribution is 2.28. The van der Waals surface area contributed by atoms with Crippen LogP contribution in [0.15, 0.2) is 10.7 Å². The average molecular weight is 197 g/mol. The van der Waals surface area contributed by atoms with Gasteiger partial charge in [-0.15, -0.1) is 0 Å². The lowest BCUT2D eigenvalue weighted by Gasteiger charge is -2.02. The van der Waals surface area contributed by atoms with E-state index in [0.717, 1.165) is 12.7 Å². The molecule has 0 N–H and O–H groups in total. The van der Waals surface area contributed by atoms with E-state index >= 15 is 0 Å². The molecule has 1 aliphatic heterocycles. The SMILES string of the molecule is O=Cc1coc(CC2CCCS2)n1. The zero-order chi connectivity index (χ0) is 9.10. The van der Waals surface area contributed by atoms with Gasteiger partial charge in [0.1, 0.15) is 12.0 Å². The highest BCUT2D eigenvalue weighted by atomic mass is 32.2. The van der Waals surface area contributed by atoms with Crippen molar-refractivity contribution >= 4 is 18.0 Å². The molecular weight excluding hydrogens is 186 g/mol. The van der Waals surface area contributed by atoms with Crippen molar-refractivity contribution < 1.29 is 9.21 Å². The summed E-state index contributed by atoms with van der Waals surface area (Å²) in [5.74, 6) is 1.94. The van der Waals surface area contributed by atoms with E-state index < -0.39 is 0 Å². The Labute approximate surface area is 80.9 Å². The van der Waals surface area contributed by atoms with Gasteiger partial charge in [0.15, 0.2) is 12.2 Å². The summed E-state index contributed by atoms with van der Waals surface area (Å²) >= 11 is 1.97. The van der Waals surface area contributed by atoms with E-state index in [1.165, 1.54) is 24.9 Å². The van der Waals surface area contributed by atoms with E-state index in [-0.39, 0.29) is 0 Å². The molecule has 0 bridgehead atoms. The molecule has 0 aliphatic carbocycles. The normalized spacial score (nSPS) is 22.0. The number of hydrogen-bond acceptors (Lipinski definition) is 4. The van der Waals surface area contributed by atoms with Crippen LogP contribution in [0, 0.1) is 0 Å². The van der Waals surface area contributed by atoms with Crippen LogP contribution in [0.4, 0.5) is 0 Å². The van der Waals surface area contributed by atoms with Gasteiger partial charge in [-0.2, -0.15) is 11.8 Å². The van der Waals surface area contributed by atoms with Gasteiger partial charge in [-0.3, -0.25) is 4.79 Å². The first-order chi connectivity index (χ1) is 6.38. The minimum absolute atomic E-state index is 0.401. The minimum Gasteiger partial charge on any atom is -0.448 e. The molecule has 3 nitrogen and oxygen atoms in total. The summed E-state index contributed by atoms with van der Waals surface area (Å²) in [6.07, 6.45) is 5.52. The van der Waals surface area contributed by atoms with Gasteiger partial charge in [0.2, 0.25) is 0 Å². The molecule has 1 saturated heterocycles. The molecule has 0 amide bonds. The Morgan fingerprint density at radius 2 is 2.69 bits per heavy atom. The first kappa shape index (κ1) is 8.81. The minimum atomic E-state index is 0.401. The molecule has 1 fully saturated rings. The lowest BCUT2D eigenvalue weighted by Crippen LogP contribution is -2.01. The number of hydrogen-bond donors (Lipinski definition) is 0. The van der Waals surface area contributed by atoms with Crippen molar-refractivity contribution in [1.29, 1.82) is 0 Å². The first-order valence-electron chi connectivity index (χ1n) is 4.39. The lowest BCUT2D eigenvalue weighted by atomic mass is 10.2. The highest BCUT2D eigenvalue weighted by Gasteiger charge is 2.18. The molecule has 0 spiro atoms. The van der Waals surface area contributed by atoms with Crippen LogP contribution >= 0.6 is 11.8 Å². The molecule has 0 radical (unpaired) electrons. The molecule has 1 aromatic heterocycles. The van der Waals surface area contributed by atoms with Crippen molar-refractivity contribution in [1.82, 2.24) is 4.98 Å². The number of carbonyl (C=O) groups is 1. The predicted octanol–water partition coefficient (Wildman–Crippen LogP) is 1.93. The Hall–Kier alpha value is -0.770. The zero-order valence-corrected chi connectivity index (χ0v) is 8.05. The van der Waals surface area contributed by atoms with Gasteiger partial charge in [-0.1, -0.05) is 0 Å². The molecule has 1 aromatic rings. The standard InChI is InChI=1S/C9H11NO2S/c11-5-7-6-12-9(10-7)4-8-2-1-3-13-8/h5-6,8H,1-4H2. The summed E-state index contributed by atoms with van der Waals surface area (Å²) in [5, 5.41) is 0.637. The Morgan fingerprint density at radius 3 is 3.31 bits per heavy atom. The maximum atomic E-state index is 10.3. The topological polar surface area (TPSA) is 43.1 Å². The van der Waals surface area contributed by atoms with E-state index in [1.807, 2.05) is 11.8 Å². The van der Waals surface area contributed by atoms with Crippen molar-refractivity contribution in [2.75, 3.05) is 5.75 Å². The molecule has 4 heteroatoms. The molecule has 0 saturated carbocycles. The van der Waals surface area contributed by atoms with Gasteiger partial charge in [0.05, 0.1) is 0 Å². The van der Waals surface area contributed by atoms with Gasteiger partial charge in [-0.05, 0) is 18.6 Å². The van der Waals surface area contributed by atoms with Crippen molar-refractivity contribution in [2.45, 2.75) is 24.5 Å². The van der Waals surface area contributed by atoms with Crippen LogP contribution in [0.2, 0.25) is 0 Å². The summed E-state index contributed by atoms with van der Waals surface area (Å²) in [5.41, 5.74) is 0.401. The van der Waals surface area contributed by atoms with Crippen LogP contribution in [0.5, 0.6) is 0 Å². The maximum absolute atomic E-state index is 10.3. The highest BCUT2D eigenvalue weighted by molar-refractivity contribution is 8.00. The van der Waals surface area contributed by atoms with Crippen molar-refractivity contribution in [2.24, 2.45) is 0 Å². The van der Waals surface area contributed by atoms with Crippen LogP contribution in [0.3, 0.4) is 0 Å². The van der Waals surface area contributed by atoms with Crippen molar-refractivity contribution in [3.63, 3.8) is 0 Å². The van der Waals surface area contributed by atoms with Crippen LogP contribution in [0.25, 0.3) is 0 Å². The number of aldehydes is 1. The fraction of sp³-hybridized carbons (Fsp3) is 0.556. The number of nitrogens with zero attached hydrogens (tertiary/aromatic N) is 1. The second-order valence-electron chi connectivity index (χ2n) is 3.12. The summed E-state index contributed by atoms with van der Waals surface area (Å²) in [4.78, 5) is 14.4. The summed E-state index contributed by atoms with van der Waals surface area (Å²) in [7, 11) is 0. The summed E-state index contributed by atoms with van der Waals surface area (Å²) in [6.45, 7) is 0. The summed E-state index contributed by atoms with van der Waals surface area (Å²) < 4.78 is 5.16. The number of thioether (sulfide) groups is 1. The van der Waals surface area contributed by atoms with E-state index in [2.05, 4.69) is 4.98 Å². The van der Waals surface area contributed by atoms with E-state index in [9.17, 15) is 4.79 Å². The molecular formula is C9H11NO2S. The maximum Gasteiger partial charge on any atom is 0.195 e. The zero-order valence-electron chi connectivity index (χ0n) is 7.23. The summed E-state index contributed by atoms with van der Waals surface area (Å²) in [6, 6.07) is 0. The molecule has 1 aliphatic rings. The second kappa shape index (κ2) is 3.96. The smallest absolute Gasteiger partial charge is 0.195 e. The number of carbonyl (C=O) groups excluding carboxylic acids is 1. The molecule has 0 aromatic carbocycles. The Balaban J connectivity index is 1.96. The molecule has 2 heterocycles. The first-order valence-corrected chi connectivity index (χ1v) is 5.44. The molecule has 70 valence electrons. The van der Waals surface area contributed by atoms with Gasteiger partial charge in [0, 0.05) is 11.7 Å². The quantitative estimate of drug-likeness (QED) is 0.694. The molecule has 2 rings (SSSR count). The van der Waals surface area contributed by atoms with Crippen LogP contribution < -0.4 is 0 Å². The fourth-order valence-electron chi connectivity index (χ4n) is 1.47. The van der Waals surface area contributed by atoms with Gasteiger partial charge in [-0.25, -0.2) is 4.98 Å². The van der Waals surface area contributed by atoms with Gasteiger partial charge < -0.3 is 4.42 Å². The van der Waals surface area contributed by atoms with Crippen LogP contribution in [-0.2, 0) is 6.42 Å². The Kier molecular flexibility index (Phi) is 2.68. The van der Waals surface area contributed by atoms with Crippen LogP contribution in [0.1, 0.15) is 29.2 Å². The van der Waals surface area contributed by atoms with Gasteiger partial charge in [0.25, 0.3) is 0 Å². The Bertz CT molecular complexity index is 292. The number of rotatable bonds is 3. The average Bonchev–Trinajstić information content (AvgIpc) is 2.76. The van der Waals surface area contributed by atoms with Crippen molar-refractivity contribution in [3.8, 4) is 0 Å². The fourth-order valence-corrected chi connectivity index (χ4v) is 2.73. The third-order valence-corrected chi connectivity index (χ3v) is 3.51. The lowest BCUT2D eigenvalue weighted by molar-refractivity contribution is 0.111. The second-order valence-corrected chi connectivity index (χ2v) is 4.53. The largest absolute Gasteiger partial charge is 0.448 e. The van der Waals surface area contributed by atoms with E-state index in [1.54, 1.807) is 0 Å². The number of oxazole rings is 1. The number of aromatic nitrogens is 1. The molecule has 1 atom stereocenters. The predicted molar refractivity (Wildman–Crippen MR) is 51.1 cm³/mol. The third kappa shape index (κ3) is 2.12. The van der Waals surface area contributed by atoms with Crippen molar-refractivity contribution in [3.05, 3.63) is 17.8 Å². The van der Waals surface area contributed by atoms with Gasteiger partial charge >= 0.3 is 0 Å². The third-order valence-electron chi connectivity index (χ3n) is 2.12. The monoisotopic (exact) mass is 197 g/mol. The van der Waals surface area contributed by atoms with E-state index in [4.69, 9.17) is 4.42 Å². The Morgan fingerprint density at radius 1 is 1.77 bits per heavy atom. The molecule has 1 unspecified atom stereocenters.